The molecule has 1 fully saturated rings. The maximum absolute atomic E-state index is 12.0. The molecule has 1 aromatic rings. The van der Waals surface area contributed by atoms with Gasteiger partial charge in [0.25, 0.3) is 0 Å². The first-order valence-electron chi connectivity index (χ1n) is 5.62. The fourth-order valence-electron chi connectivity index (χ4n) is 1.90. The Morgan fingerprint density at radius 3 is 2.85 bits per heavy atom. The number of amides is 1. The van der Waals surface area contributed by atoms with Gasteiger partial charge in [-0.1, -0.05) is 11.8 Å². The summed E-state index contributed by atoms with van der Waals surface area (Å²) < 4.78 is 0.278. The lowest BCUT2D eigenvalue weighted by atomic mass is 10.3. The van der Waals surface area contributed by atoms with E-state index in [0.717, 1.165) is 11.8 Å². The number of hydrogen-bond acceptors (Lipinski definition) is 6. The SMILES string of the molecule is CC(=O)SC1CC(=O)N(c2ncc(Br)nc2C(=O)O)C1. The summed E-state index contributed by atoms with van der Waals surface area (Å²) in [4.78, 5) is 43.3. The average molecular weight is 360 g/mol. The number of nitrogens with zero attached hydrogens (tertiary/aromatic N) is 3. The minimum Gasteiger partial charge on any atom is -0.476 e. The van der Waals surface area contributed by atoms with E-state index in [1.807, 2.05) is 0 Å². The summed E-state index contributed by atoms with van der Waals surface area (Å²) in [5, 5.41) is 8.86. The molecule has 0 aliphatic carbocycles. The highest BCUT2D eigenvalue weighted by Crippen LogP contribution is 2.29. The Morgan fingerprint density at radius 2 is 2.25 bits per heavy atom. The van der Waals surface area contributed by atoms with Crippen LogP contribution in [0.3, 0.4) is 0 Å². The number of carboxylic acids is 1. The molecule has 1 aromatic heterocycles. The summed E-state index contributed by atoms with van der Waals surface area (Å²) in [7, 11) is 0. The second-order valence-corrected chi connectivity index (χ2v) is 6.40. The van der Waals surface area contributed by atoms with Crippen molar-refractivity contribution in [3.8, 4) is 0 Å². The van der Waals surface area contributed by atoms with Gasteiger partial charge in [-0.2, -0.15) is 0 Å². The van der Waals surface area contributed by atoms with Crippen molar-refractivity contribution in [1.29, 1.82) is 0 Å². The van der Waals surface area contributed by atoms with Crippen LogP contribution in [-0.4, -0.2) is 43.9 Å². The fraction of sp³-hybridized carbons (Fsp3) is 0.364. The average Bonchev–Trinajstić information content (AvgIpc) is 2.69. The summed E-state index contributed by atoms with van der Waals surface area (Å²) in [5.41, 5.74) is -0.291. The van der Waals surface area contributed by atoms with E-state index in [9.17, 15) is 14.4 Å². The van der Waals surface area contributed by atoms with Crippen molar-refractivity contribution >= 4 is 50.5 Å². The second kappa shape index (κ2) is 5.88. The molecule has 1 saturated heterocycles. The summed E-state index contributed by atoms with van der Waals surface area (Å²) in [6.07, 6.45) is 1.52. The molecule has 1 unspecified atom stereocenters. The summed E-state index contributed by atoms with van der Waals surface area (Å²) >= 11 is 4.12. The van der Waals surface area contributed by atoms with E-state index in [-0.39, 0.29) is 45.4 Å². The van der Waals surface area contributed by atoms with Crippen molar-refractivity contribution in [1.82, 2.24) is 9.97 Å². The first-order valence-corrected chi connectivity index (χ1v) is 7.29. The zero-order valence-electron chi connectivity index (χ0n) is 10.4. The molecular formula is C11H10BrN3O4S. The minimum atomic E-state index is -1.26. The molecule has 2 heterocycles. The summed E-state index contributed by atoms with van der Waals surface area (Å²) in [6, 6.07) is 0. The number of rotatable bonds is 3. The van der Waals surface area contributed by atoms with Crippen molar-refractivity contribution in [2.75, 3.05) is 11.4 Å². The van der Waals surface area contributed by atoms with Gasteiger partial charge in [-0.25, -0.2) is 14.8 Å². The van der Waals surface area contributed by atoms with Crippen LogP contribution in [0.15, 0.2) is 10.8 Å². The lowest BCUT2D eigenvalue weighted by Gasteiger charge is -2.16. The Balaban J connectivity index is 2.30. The summed E-state index contributed by atoms with van der Waals surface area (Å²) in [6.45, 7) is 1.68. The quantitative estimate of drug-likeness (QED) is 0.868. The molecule has 0 bridgehead atoms. The van der Waals surface area contributed by atoms with E-state index >= 15 is 0 Å². The standard InChI is InChI=1S/C11H10BrN3O4S/c1-5(16)20-6-2-8(17)15(4-6)10-9(11(18)19)14-7(12)3-13-10/h3,6H,2,4H2,1H3,(H,18,19). The topological polar surface area (TPSA) is 100 Å². The molecule has 1 amide bonds. The number of anilines is 1. The zero-order chi connectivity index (χ0) is 14.9. The smallest absolute Gasteiger partial charge is 0.358 e. The van der Waals surface area contributed by atoms with Crippen molar-refractivity contribution in [2.24, 2.45) is 0 Å². The van der Waals surface area contributed by atoms with Crippen molar-refractivity contribution in [3.63, 3.8) is 0 Å². The van der Waals surface area contributed by atoms with Gasteiger partial charge in [-0.05, 0) is 15.9 Å². The lowest BCUT2D eigenvalue weighted by molar-refractivity contribution is -0.117. The number of hydrogen-bond donors (Lipinski definition) is 1. The molecule has 1 aliphatic rings. The van der Waals surface area contributed by atoms with Gasteiger partial charge in [0.05, 0.1) is 6.20 Å². The molecule has 1 aliphatic heterocycles. The maximum Gasteiger partial charge on any atom is 0.358 e. The first-order chi connectivity index (χ1) is 9.38. The molecule has 1 atom stereocenters. The predicted molar refractivity (Wildman–Crippen MR) is 75.7 cm³/mol. The van der Waals surface area contributed by atoms with Gasteiger partial charge in [0.2, 0.25) is 5.91 Å². The third-order valence-electron chi connectivity index (χ3n) is 2.60. The molecule has 0 spiro atoms. The molecule has 20 heavy (non-hydrogen) atoms. The Hall–Kier alpha value is -1.48. The zero-order valence-corrected chi connectivity index (χ0v) is 12.8. The van der Waals surface area contributed by atoms with Crippen LogP contribution in [0.5, 0.6) is 0 Å². The van der Waals surface area contributed by atoms with Gasteiger partial charge in [-0.3, -0.25) is 14.5 Å². The number of carbonyl (C=O) groups is 3. The van der Waals surface area contributed by atoms with Gasteiger partial charge >= 0.3 is 5.97 Å². The normalized spacial score (nSPS) is 18.4. The van der Waals surface area contributed by atoms with Crippen LogP contribution in [0.25, 0.3) is 0 Å². The van der Waals surface area contributed by atoms with Crippen molar-refractivity contribution in [3.05, 3.63) is 16.5 Å². The molecule has 7 nitrogen and oxygen atoms in total. The molecule has 2 rings (SSSR count). The molecule has 1 N–H and O–H groups in total. The highest BCUT2D eigenvalue weighted by atomic mass is 79.9. The molecule has 106 valence electrons. The Kier molecular flexibility index (Phi) is 4.39. The van der Waals surface area contributed by atoms with E-state index in [1.54, 1.807) is 0 Å². The Labute approximate surface area is 126 Å². The molecule has 9 heteroatoms. The Morgan fingerprint density at radius 1 is 1.55 bits per heavy atom. The largest absolute Gasteiger partial charge is 0.476 e. The second-order valence-electron chi connectivity index (χ2n) is 4.11. The predicted octanol–water partition coefficient (Wildman–Crippen LogP) is 1.32. The highest BCUT2D eigenvalue weighted by Gasteiger charge is 2.35. The third-order valence-corrected chi connectivity index (χ3v) is 3.97. The molecule has 0 radical (unpaired) electrons. The van der Waals surface area contributed by atoms with Crippen molar-refractivity contribution < 1.29 is 19.5 Å². The molecular weight excluding hydrogens is 350 g/mol. The number of carboxylic acid groups (broad SMARTS) is 1. The van der Waals surface area contributed by atoms with Crippen LogP contribution < -0.4 is 4.90 Å². The van der Waals surface area contributed by atoms with Gasteiger partial charge in [0, 0.05) is 25.1 Å². The van der Waals surface area contributed by atoms with E-state index in [1.165, 1.54) is 18.0 Å². The highest BCUT2D eigenvalue weighted by molar-refractivity contribution is 9.10. The Bertz CT molecular complexity index is 595. The maximum atomic E-state index is 12.0. The monoisotopic (exact) mass is 359 g/mol. The minimum absolute atomic E-state index is 0.0114. The van der Waals surface area contributed by atoms with Gasteiger partial charge in [-0.15, -0.1) is 0 Å². The number of aromatic carboxylic acids is 1. The van der Waals surface area contributed by atoms with Crippen LogP contribution in [0.2, 0.25) is 0 Å². The van der Waals surface area contributed by atoms with E-state index < -0.39 is 5.97 Å². The lowest BCUT2D eigenvalue weighted by Crippen LogP contribution is -2.28. The number of aromatic nitrogens is 2. The van der Waals surface area contributed by atoms with Crippen LogP contribution in [0.4, 0.5) is 5.82 Å². The van der Waals surface area contributed by atoms with Gasteiger partial charge in [0.1, 0.15) is 4.60 Å². The molecule has 0 aromatic carbocycles. The fourth-order valence-corrected chi connectivity index (χ4v) is 3.09. The van der Waals surface area contributed by atoms with E-state index in [4.69, 9.17) is 5.11 Å². The van der Waals surface area contributed by atoms with Crippen LogP contribution in [0.1, 0.15) is 23.8 Å². The summed E-state index contributed by atoms with van der Waals surface area (Å²) in [5.74, 6) is -1.51. The van der Waals surface area contributed by atoms with Gasteiger partial charge < -0.3 is 5.11 Å². The van der Waals surface area contributed by atoms with E-state index in [2.05, 4.69) is 25.9 Å². The number of thioether (sulfide) groups is 1. The van der Waals surface area contributed by atoms with Gasteiger partial charge in [0.15, 0.2) is 16.6 Å². The number of carbonyl (C=O) groups excluding carboxylic acids is 2. The van der Waals surface area contributed by atoms with Crippen LogP contribution in [-0.2, 0) is 9.59 Å². The van der Waals surface area contributed by atoms with E-state index in [0.29, 0.717) is 0 Å². The van der Waals surface area contributed by atoms with Crippen LogP contribution >= 0.6 is 27.7 Å². The molecule has 0 saturated carbocycles. The van der Waals surface area contributed by atoms with Crippen molar-refractivity contribution in [2.45, 2.75) is 18.6 Å². The van der Waals surface area contributed by atoms with Crippen LogP contribution in [0, 0.1) is 0 Å². The number of halogens is 1. The third kappa shape index (κ3) is 3.15. The first kappa shape index (κ1) is 14.9.